The lowest BCUT2D eigenvalue weighted by molar-refractivity contribution is -0.0284. The molecule has 0 spiro atoms. The zero-order valence-electron chi connectivity index (χ0n) is 8.39. The highest BCUT2D eigenvalue weighted by atomic mass is 35.5. The largest absolute Gasteiger partial charge is 0.399 e. The van der Waals surface area contributed by atoms with Gasteiger partial charge < -0.3 is 5.73 Å². The summed E-state index contributed by atoms with van der Waals surface area (Å²) >= 11 is 5.85. The van der Waals surface area contributed by atoms with E-state index in [9.17, 15) is 8.42 Å². The summed E-state index contributed by atoms with van der Waals surface area (Å²) in [5.41, 5.74) is 5.92. The Morgan fingerprint density at radius 2 is 2.19 bits per heavy atom. The zero-order chi connectivity index (χ0) is 11.8. The van der Waals surface area contributed by atoms with Crippen LogP contribution in [0.5, 0.6) is 0 Å². The van der Waals surface area contributed by atoms with Gasteiger partial charge in [-0.1, -0.05) is 16.1 Å². The van der Waals surface area contributed by atoms with Crippen LogP contribution in [-0.2, 0) is 14.9 Å². The summed E-state index contributed by atoms with van der Waals surface area (Å²) in [6.07, 6.45) is 0.686. The van der Waals surface area contributed by atoms with E-state index in [0.29, 0.717) is 25.3 Å². The number of anilines is 1. The average molecular weight is 263 g/mol. The summed E-state index contributed by atoms with van der Waals surface area (Å²) in [6, 6.07) is 4.29. The van der Waals surface area contributed by atoms with Gasteiger partial charge in [0.15, 0.2) is 0 Å². The molecule has 88 valence electrons. The average Bonchev–Trinajstić information content (AvgIpc) is 2.69. The molecule has 0 radical (unpaired) electrons. The Bertz CT molecular complexity index is 497. The van der Waals surface area contributed by atoms with Gasteiger partial charge in [0, 0.05) is 12.2 Å². The van der Waals surface area contributed by atoms with E-state index in [1.165, 1.54) is 18.2 Å². The number of halogens is 1. The highest BCUT2D eigenvalue weighted by Crippen LogP contribution is 2.28. The molecule has 16 heavy (non-hydrogen) atoms. The van der Waals surface area contributed by atoms with Gasteiger partial charge in [-0.3, -0.25) is 4.84 Å². The molecule has 0 aliphatic carbocycles. The van der Waals surface area contributed by atoms with Crippen molar-refractivity contribution < 1.29 is 13.3 Å². The number of nitrogens with two attached hydrogens (primary N) is 1. The Morgan fingerprint density at radius 3 is 2.75 bits per heavy atom. The lowest BCUT2D eigenvalue weighted by Crippen LogP contribution is -2.27. The summed E-state index contributed by atoms with van der Waals surface area (Å²) in [7, 11) is -3.66. The topological polar surface area (TPSA) is 72.6 Å². The van der Waals surface area contributed by atoms with Gasteiger partial charge in [0.1, 0.15) is 4.90 Å². The van der Waals surface area contributed by atoms with Crippen molar-refractivity contribution in [1.82, 2.24) is 4.47 Å². The molecule has 0 amide bonds. The number of nitrogens with zero attached hydrogens (tertiary/aromatic N) is 1. The van der Waals surface area contributed by atoms with Crippen LogP contribution in [0.2, 0.25) is 5.02 Å². The number of hydroxylamine groups is 1. The van der Waals surface area contributed by atoms with Gasteiger partial charge in [0.25, 0.3) is 10.0 Å². The Balaban J connectivity index is 2.42. The molecule has 0 atom stereocenters. The standard InChI is InChI=1S/C9H11ClN2O3S/c10-8-6-7(11)2-3-9(8)16(13,14)12-4-1-5-15-12/h2-3,6H,1,4-5,11H2. The number of rotatable bonds is 2. The molecule has 1 saturated heterocycles. The van der Waals surface area contributed by atoms with Gasteiger partial charge >= 0.3 is 0 Å². The third kappa shape index (κ3) is 2.01. The SMILES string of the molecule is Nc1ccc(S(=O)(=O)N2CCCO2)c(Cl)c1. The van der Waals surface area contributed by atoms with Crippen LogP contribution in [0.1, 0.15) is 6.42 Å². The molecule has 1 heterocycles. The Morgan fingerprint density at radius 1 is 1.44 bits per heavy atom. The normalized spacial score (nSPS) is 17.8. The van der Waals surface area contributed by atoms with Crippen molar-refractivity contribution in [2.75, 3.05) is 18.9 Å². The minimum absolute atomic E-state index is 0.0188. The third-order valence-electron chi connectivity index (χ3n) is 2.22. The maximum absolute atomic E-state index is 12.0. The molecule has 0 aromatic heterocycles. The van der Waals surface area contributed by atoms with Gasteiger partial charge in [-0.25, -0.2) is 8.42 Å². The van der Waals surface area contributed by atoms with E-state index in [2.05, 4.69) is 0 Å². The molecule has 0 unspecified atom stereocenters. The maximum Gasteiger partial charge on any atom is 0.266 e. The molecule has 2 N–H and O–H groups in total. The molecule has 7 heteroatoms. The molecule has 1 aliphatic heterocycles. The van der Waals surface area contributed by atoms with Crippen molar-refractivity contribution in [2.45, 2.75) is 11.3 Å². The van der Waals surface area contributed by atoms with Crippen LogP contribution in [0.3, 0.4) is 0 Å². The van der Waals surface area contributed by atoms with Crippen molar-refractivity contribution in [3.63, 3.8) is 0 Å². The van der Waals surface area contributed by atoms with Crippen LogP contribution in [0.4, 0.5) is 5.69 Å². The van der Waals surface area contributed by atoms with Crippen LogP contribution in [0, 0.1) is 0 Å². The van der Waals surface area contributed by atoms with E-state index in [0.717, 1.165) is 4.47 Å². The molecule has 5 nitrogen and oxygen atoms in total. The molecule has 0 saturated carbocycles. The second-order valence-electron chi connectivity index (χ2n) is 3.41. The van der Waals surface area contributed by atoms with Gasteiger partial charge in [-0.15, -0.1) is 0 Å². The molecule has 1 aromatic rings. The first-order valence-corrected chi connectivity index (χ1v) is 6.54. The fourth-order valence-corrected chi connectivity index (χ4v) is 3.28. The monoisotopic (exact) mass is 262 g/mol. The smallest absolute Gasteiger partial charge is 0.266 e. The summed E-state index contributed by atoms with van der Waals surface area (Å²) in [6.45, 7) is 0.759. The third-order valence-corrected chi connectivity index (χ3v) is 4.38. The molecule has 0 bridgehead atoms. The number of hydrogen-bond acceptors (Lipinski definition) is 4. The maximum atomic E-state index is 12.0. The Kier molecular flexibility index (Phi) is 3.07. The van der Waals surface area contributed by atoms with Gasteiger partial charge in [0.2, 0.25) is 0 Å². The first-order valence-electron chi connectivity index (χ1n) is 4.72. The van der Waals surface area contributed by atoms with Crippen molar-refractivity contribution in [1.29, 1.82) is 0 Å². The second kappa shape index (κ2) is 4.21. The van der Waals surface area contributed by atoms with Crippen molar-refractivity contribution in [3.05, 3.63) is 23.2 Å². The van der Waals surface area contributed by atoms with Crippen LogP contribution in [-0.4, -0.2) is 26.0 Å². The van der Waals surface area contributed by atoms with Crippen LogP contribution in [0.25, 0.3) is 0 Å². The molecular formula is C9H11ClN2O3S. The minimum Gasteiger partial charge on any atom is -0.399 e. The molecule has 1 fully saturated rings. The predicted molar refractivity (Wildman–Crippen MR) is 60.3 cm³/mol. The fraction of sp³-hybridized carbons (Fsp3) is 0.333. The van der Waals surface area contributed by atoms with Crippen LogP contribution in [0.15, 0.2) is 23.1 Å². The van der Waals surface area contributed by atoms with Crippen molar-refractivity contribution in [3.8, 4) is 0 Å². The van der Waals surface area contributed by atoms with E-state index in [1.807, 2.05) is 0 Å². The summed E-state index contributed by atoms with van der Waals surface area (Å²) in [5.74, 6) is 0. The minimum atomic E-state index is -3.66. The van der Waals surface area contributed by atoms with E-state index in [1.54, 1.807) is 0 Å². The fourth-order valence-electron chi connectivity index (χ4n) is 1.45. The summed E-state index contributed by atoms with van der Waals surface area (Å²) in [5, 5.41) is 0.107. The molecular weight excluding hydrogens is 252 g/mol. The highest BCUT2D eigenvalue weighted by Gasteiger charge is 2.30. The van der Waals surface area contributed by atoms with Gasteiger partial charge in [-0.05, 0) is 24.6 Å². The lowest BCUT2D eigenvalue weighted by atomic mass is 10.3. The van der Waals surface area contributed by atoms with Crippen LogP contribution >= 0.6 is 11.6 Å². The number of benzene rings is 1. The second-order valence-corrected chi connectivity index (χ2v) is 5.61. The zero-order valence-corrected chi connectivity index (χ0v) is 9.96. The van der Waals surface area contributed by atoms with E-state index >= 15 is 0 Å². The Labute approximate surface area is 98.8 Å². The molecule has 1 aliphatic rings. The summed E-state index contributed by atoms with van der Waals surface area (Å²) in [4.78, 5) is 5.03. The molecule has 1 aromatic carbocycles. The first kappa shape index (κ1) is 11.7. The van der Waals surface area contributed by atoms with E-state index < -0.39 is 10.0 Å². The Hall–Kier alpha value is -0.820. The number of sulfonamides is 1. The van der Waals surface area contributed by atoms with Gasteiger partial charge in [-0.2, -0.15) is 0 Å². The summed E-state index contributed by atoms with van der Waals surface area (Å²) < 4.78 is 25.0. The van der Waals surface area contributed by atoms with E-state index in [4.69, 9.17) is 22.2 Å². The van der Waals surface area contributed by atoms with E-state index in [-0.39, 0.29) is 9.92 Å². The molecule has 2 rings (SSSR count). The predicted octanol–water partition coefficient (Wildman–Crippen LogP) is 1.25. The van der Waals surface area contributed by atoms with Crippen molar-refractivity contribution >= 4 is 27.3 Å². The van der Waals surface area contributed by atoms with Gasteiger partial charge in [0.05, 0.1) is 11.6 Å². The lowest BCUT2D eigenvalue weighted by Gasteiger charge is -2.15. The first-order chi connectivity index (χ1) is 7.51. The van der Waals surface area contributed by atoms with Crippen LogP contribution < -0.4 is 5.73 Å². The highest BCUT2D eigenvalue weighted by molar-refractivity contribution is 7.89. The van der Waals surface area contributed by atoms with Crippen molar-refractivity contribution in [2.24, 2.45) is 0 Å². The quantitative estimate of drug-likeness (QED) is 0.814. The number of hydrogen-bond donors (Lipinski definition) is 1. The number of nitrogen functional groups attached to an aromatic ring is 1.